The number of Topliss-reactive ketones (excluding diaryl/α,β-unsaturated/α-hetero) is 1. The van der Waals surface area contributed by atoms with Gasteiger partial charge in [0, 0.05) is 35.4 Å². The second-order valence-electron chi connectivity index (χ2n) is 15.0. The average molecular weight is 828 g/mol. The number of aromatic nitrogens is 3. The molecule has 1 atom stereocenters. The lowest BCUT2D eigenvalue weighted by Crippen LogP contribution is -2.33. The molecule has 0 aliphatic carbocycles. The number of aryl methyl sites for hydroxylation is 1. The molecule has 0 spiro atoms. The predicted molar refractivity (Wildman–Crippen MR) is 240 cm³/mol. The van der Waals surface area contributed by atoms with Crippen molar-refractivity contribution in [2.75, 3.05) is 10.0 Å². The Balaban J connectivity index is 1.24. The van der Waals surface area contributed by atoms with Crippen LogP contribution in [0.1, 0.15) is 87.5 Å². The topological polar surface area (TPSA) is 115 Å². The minimum atomic E-state index is -3.93. The number of benzene rings is 5. The van der Waals surface area contributed by atoms with E-state index in [0.29, 0.717) is 12.1 Å². The second kappa shape index (κ2) is 19.4. The van der Waals surface area contributed by atoms with Crippen LogP contribution in [0.4, 0.5) is 11.4 Å². The number of ketones is 1. The van der Waals surface area contributed by atoms with Crippen molar-refractivity contribution in [3.05, 3.63) is 144 Å². The van der Waals surface area contributed by atoms with Gasteiger partial charge in [0.05, 0.1) is 32.6 Å². The summed E-state index contributed by atoms with van der Waals surface area (Å²) in [4.78, 5) is 30.1. The highest BCUT2D eigenvalue weighted by Gasteiger charge is 2.36. The molecule has 2 heterocycles. The van der Waals surface area contributed by atoms with Crippen molar-refractivity contribution >= 4 is 66.4 Å². The molecule has 7 rings (SSSR count). The van der Waals surface area contributed by atoms with Crippen molar-refractivity contribution in [1.82, 2.24) is 14.3 Å². The monoisotopic (exact) mass is 827 g/mol. The highest BCUT2D eigenvalue weighted by atomic mass is 35.5. The summed E-state index contributed by atoms with van der Waals surface area (Å²) in [6.07, 6.45) is 15.2. The van der Waals surface area contributed by atoms with Crippen LogP contribution < -0.4 is 10.0 Å². The first kappa shape index (κ1) is 41.4. The molecular formula is C48H50ClN5O4S. The Morgan fingerprint density at radius 3 is 2.12 bits per heavy atom. The number of para-hydroxylation sites is 1. The van der Waals surface area contributed by atoms with Crippen molar-refractivity contribution < 1.29 is 18.0 Å². The normalized spacial score (nSPS) is 12.2. The van der Waals surface area contributed by atoms with Gasteiger partial charge in [-0.2, -0.15) is 5.10 Å². The number of hydrogen-bond acceptors (Lipinski definition) is 5. The molecule has 2 N–H and O–H groups in total. The van der Waals surface area contributed by atoms with Gasteiger partial charge in [-0.05, 0) is 59.7 Å². The Bertz CT molecular complexity index is 2640. The number of nitrogens with one attached hydrogen (secondary N) is 2. The van der Waals surface area contributed by atoms with Gasteiger partial charge in [-0.1, -0.05) is 155 Å². The van der Waals surface area contributed by atoms with Gasteiger partial charge in [-0.3, -0.25) is 19.0 Å². The number of hydrogen-bond donors (Lipinski definition) is 2. The fourth-order valence-corrected chi connectivity index (χ4v) is 9.12. The minimum absolute atomic E-state index is 0.0826. The summed E-state index contributed by atoms with van der Waals surface area (Å²) in [5, 5.41) is 10.2. The number of anilines is 2. The van der Waals surface area contributed by atoms with Crippen LogP contribution in [-0.2, 0) is 21.4 Å². The molecule has 5 aromatic carbocycles. The molecule has 0 fully saturated rings. The SMILES string of the molecule is CCCCCCCCCCCCn1c(-c2cccc3ccccc23)c(C(=O)C(C(=O)Nc2cc(NS(=O)(=O)c3ccccc3)ccc2Cl)n2cccn2)c2ccccc21. The molecular weight excluding hydrogens is 778 g/mol. The van der Waals surface area contributed by atoms with E-state index in [9.17, 15) is 13.2 Å². The molecule has 1 unspecified atom stereocenters. The number of sulfonamides is 1. The van der Waals surface area contributed by atoms with E-state index in [4.69, 9.17) is 11.6 Å². The number of amides is 1. The Labute approximate surface area is 351 Å². The van der Waals surface area contributed by atoms with Crippen molar-refractivity contribution in [2.45, 2.75) is 88.6 Å². The molecule has 0 aliphatic heterocycles. The number of rotatable bonds is 20. The number of halogens is 1. The van der Waals surface area contributed by atoms with Crippen LogP contribution in [0.3, 0.4) is 0 Å². The van der Waals surface area contributed by atoms with E-state index in [1.165, 1.54) is 86.2 Å². The smallest absolute Gasteiger partial charge is 0.261 e. The van der Waals surface area contributed by atoms with Gasteiger partial charge in [0.25, 0.3) is 15.9 Å². The zero-order chi connectivity index (χ0) is 41.2. The summed E-state index contributed by atoms with van der Waals surface area (Å²) in [5.74, 6) is -1.12. The number of unbranched alkanes of at least 4 members (excludes halogenated alkanes) is 9. The summed E-state index contributed by atoms with van der Waals surface area (Å²) < 4.78 is 32.5. The number of nitrogens with zero attached hydrogens (tertiary/aromatic N) is 3. The van der Waals surface area contributed by atoms with Crippen LogP contribution in [0.5, 0.6) is 0 Å². The van der Waals surface area contributed by atoms with Crippen molar-refractivity contribution in [2.24, 2.45) is 0 Å². The predicted octanol–water partition coefficient (Wildman–Crippen LogP) is 12.1. The molecule has 1 amide bonds. The fraction of sp³-hybridized carbons (Fsp3) is 0.271. The molecule has 0 radical (unpaired) electrons. The van der Waals surface area contributed by atoms with Crippen LogP contribution in [0.15, 0.2) is 139 Å². The number of carbonyl (C=O) groups is 2. The maximum absolute atomic E-state index is 15.4. The third-order valence-corrected chi connectivity index (χ3v) is 12.5. The molecule has 0 aliphatic rings. The average Bonchev–Trinajstić information content (AvgIpc) is 3.89. The lowest BCUT2D eigenvalue weighted by Gasteiger charge is -2.19. The van der Waals surface area contributed by atoms with Crippen LogP contribution >= 0.6 is 11.6 Å². The summed E-state index contributed by atoms with van der Waals surface area (Å²) >= 11 is 6.61. The van der Waals surface area contributed by atoms with Crippen LogP contribution in [-0.4, -0.2) is 34.5 Å². The van der Waals surface area contributed by atoms with Gasteiger partial charge in [-0.15, -0.1) is 0 Å². The molecule has 0 saturated carbocycles. The standard InChI is InChI=1S/C48H50ClN5O4S/c1-2-3-4-5-6-7-8-9-10-18-32-53-43-28-17-16-26-40(43)44(45(53)39-27-19-22-35-21-14-15-25-38(35)39)47(55)46(54-33-20-31-50-54)48(56)51-42-34-36(29-30-41(42)49)52-59(57,58)37-23-12-11-13-24-37/h11-17,19-31,33-34,46,52H,2-10,18,32H2,1H3,(H,51,56). The molecule has 0 saturated heterocycles. The molecule has 11 heteroatoms. The first-order chi connectivity index (χ1) is 28.8. The highest BCUT2D eigenvalue weighted by Crippen LogP contribution is 2.40. The fourth-order valence-electron chi connectivity index (χ4n) is 7.88. The summed E-state index contributed by atoms with van der Waals surface area (Å²) in [7, 11) is -3.93. The maximum Gasteiger partial charge on any atom is 0.261 e. The van der Waals surface area contributed by atoms with Crippen LogP contribution in [0.25, 0.3) is 32.9 Å². The zero-order valence-corrected chi connectivity index (χ0v) is 34.9. The third kappa shape index (κ3) is 9.61. The highest BCUT2D eigenvalue weighted by molar-refractivity contribution is 7.92. The van der Waals surface area contributed by atoms with E-state index < -0.39 is 27.8 Å². The lowest BCUT2D eigenvalue weighted by atomic mass is 9.94. The maximum atomic E-state index is 15.4. The van der Waals surface area contributed by atoms with E-state index in [0.717, 1.165) is 52.2 Å². The molecule has 304 valence electrons. The largest absolute Gasteiger partial charge is 0.340 e. The number of fused-ring (bicyclic) bond motifs is 2. The van der Waals surface area contributed by atoms with Gasteiger partial charge in [0.1, 0.15) is 0 Å². The van der Waals surface area contributed by atoms with Crippen molar-refractivity contribution in [3.8, 4) is 11.3 Å². The number of carbonyl (C=O) groups excluding carboxylic acids is 2. The van der Waals surface area contributed by atoms with Crippen LogP contribution in [0, 0.1) is 0 Å². The van der Waals surface area contributed by atoms with Gasteiger partial charge in [-0.25, -0.2) is 8.42 Å². The Morgan fingerprint density at radius 2 is 1.39 bits per heavy atom. The Kier molecular flexibility index (Phi) is 13.6. The molecule has 2 aromatic heterocycles. The van der Waals surface area contributed by atoms with Crippen molar-refractivity contribution in [3.63, 3.8) is 0 Å². The lowest BCUT2D eigenvalue weighted by molar-refractivity contribution is -0.118. The molecule has 7 aromatic rings. The van der Waals surface area contributed by atoms with Gasteiger partial charge >= 0.3 is 0 Å². The van der Waals surface area contributed by atoms with E-state index in [1.54, 1.807) is 30.5 Å². The van der Waals surface area contributed by atoms with E-state index in [-0.39, 0.29) is 21.3 Å². The van der Waals surface area contributed by atoms with E-state index >= 15 is 4.79 Å². The van der Waals surface area contributed by atoms with Crippen LogP contribution in [0.2, 0.25) is 5.02 Å². The molecule has 0 bridgehead atoms. The summed E-state index contributed by atoms with van der Waals surface area (Å²) in [6.45, 7) is 2.94. The van der Waals surface area contributed by atoms with E-state index in [1.807, 2.05) is 48.5 Å². The molecule has 9 nitrogen and oxygen atoms in total. The summed E-state index contributed by atoms with van der Waals surface area (Å²) in [6, 6.07) is 34.8. The van der Waals surface area contributed by atoms with Gasteiger partial charge < -0.3 is 9.88 Å². The first-order valence-corrected chi connectivity index (χ1v) is 22.4. The second-order valence-corrected chi connectivity index (χ2v) is 17.0. The Morgan fingerprint density at radius 1 is 0.729 bits per heavy atom. The first-order valence-electron chi connectivity index (χ1n) is 20.6. The Hall–Kier alpha value is -5.71. The van der Waals surface area contributed by atoms with Gasteiger partial charge in [0.2, 0.25) is 0 Å². The zero-order valence-electron chi connectivity index (χ0n) is 33.3. The van der Waals surface area contributed by atoms with E-state index in [2.05, 4.69) is 44.8 Å². The minimum Gasteiger partial charge on any atom is -0.340 e. The third-order valence-electron chi connectivity index (χ3n) is 10.8. The van der Waals surface area contributed by atoms with Crippen molar-refractivity contribution in [1.29, 1.82) is 0 Å². The van der Waals surface area contributed by atoms with Gasteiger partial charge in [0.15, 0.2) is 11.8 Å². The molecule has 59 heavy (non-hydrogen) atoms. The quantitative estimate of drug-likeness (QED) is 0.0451. The summed E-state index contributed by atoms with van der Waals surface area (Å²) in [5.41, 5.74) is 3.31.